The topological polar surface area (TPSA) is 29.9 Å². The van der Waals surface area contributed by atoms with Gasteiger partial charge in [-0.1, -0.05) is 0 Å². The Labute approximate surface area is 85.5 Å². The van der Waals surface area contributed by atoms with Gasteiger partial charge >= 0.3 is 0 Å². The lowest BCUT2D eigenvalue weighted by molar-refractivity contribution is 0.462. The van der Waals surface area contributed by atoms with Gasteiger partial charge in [0, 0.05) is 19.3 Å². The molecule has 3 nitrogen and oxygen atoms in total. The molecule has 1 aliphatic rings. The van der Waals surface area contributed by atoms with E-state index in [2.05, 4.69) is 23.4 Å². The van der Waals surface area contributed by atoms with Gasteiger partial charge in [-0.3, -0.25) is 4.68 Å². The van der Waals surface area contributed by atoms with Crippen molar-refractivity contribution in [2.75, 3.05) is 13.6 Å². The number of rotatable bonds is 4. The van der Waals surface area contributed by atoms with Crippen molar-refractivity contribution in [1.29, 1.82) is 0 Å². The van der Waals surface area contributed by atoms with Crippen LogP contribution < -0.4 is 5.32 Å². The van der Waals surface area contributed by atoms with Gasteiger partial charge in [0.15, 0.2) is 0 Å². The minimum atomic E-state index is 0.537. The van der Waals surface area contributed by atoms with Crippen LogP contribution in [-0.2, 0) is 13.5 Å². The van der Waals surface area contributed by atoms with Gasteiger partial charge in [-0.05, 0) is 44.7 Å². The molecule has 0 aromatic carbocycles. The van der Waals surface area contributed by atoms with Crippen LogP contribution in [0.2, 0.25) is 0 Å². The monoisotopic (exact) mass is 193 g/mol. The SMILES string of the molecule is CNCC1(Cc2cc(C)nn2C)CC1. The van der Waals surface area contributed by atoms with Crippen LogP contribution in [0.3, 0.4) is 0 Å². The van der Waals surface area contributed by atoms with Gasteiger partial charge in [0.2, 0.25) is 0 Å². The molecule has 1 aliphatic carbocycles. The molecule has 0 spiro atoms. The maximum absolute atomic E-state index is 4.38. The average Bonchev–Trinajstić information content (AvgIpc) is 2.77. The molecule has 1 N–H and O–H groups in total. The molecule has 0 radical (unpaired) electrons. The van der Waals surface area contributed by atoms with Crippen molar-refractivity contribution in [2.45, 2.75) is 26.2 Å². The number of aromatic nitrogens is 2. The van der Waals surface area contributed by atoms with E-state index in [1.165, 1.54) is 25.0 Å². The first-order chi connectivity index (χ1) is 6.65. The third-order valence-corrected chi connectivity index (χ3v) is 3.16. The fraction of sp³-hybridized carbons (Fsp3) is 0.727. The molecule has 1 heterocycles. The number of hydrogen-bond acceptors (Lipinski definition) is 2. The zero-order valence-corrected chi connectivity index (χ0v) is 9.30. The highest BCUT2D eigenvalue weighted by Crippen LogP contribution is 2.47. The predicted molar refractivity (Wildman–Crippen MR) is 57.2 cm³/mol. The van der Waals surface area contributed by atoms with Crippen molar-refractivity contribution < 1.29 is 0 Å². The Morgan fingerprint density at radius 1 is 1.57 bits per heavy atom. The molecule has 2 rings (SSSR count). The quantitative estimate of drug-likeness (QED) is 0.780. The van der Waals surface area contributed by atoms with Crippen molar-refractivity contribution in [3.05, 3.63) is 17.5 Å². The first-order valence-electron chi connectivity index (χ1n) is 5.29. The minimum absolute atomic E-state index is 0.537. The molecule has 0 bridgehead atoms. The van der Waals surface area contributed by atoms with E-state index >= 15 is 0 Å². The summed E-state index contributed by atoms with van der Waals surface area (Å²) in [7, 11) is 4.08. The number of nitrogens with zero attached hydrogens (tertiary/aromatic N) is 2. The van der Waals surface area contributed by atoms with E-state index in [0.29, 0.717) is 5.41 Å². The molecule has 14 heavy (non-hydrogen) atoms. The van der Waals surface area contributed by atoms with Crippen molar-refractivity contribution >= 4 is 0 Å². The van der Waals surface area contributed by atoms with Crippen molar-refractivity contribution in [3.63, 3.8) is 0 Å². The van der Waals surface area contributed by atoms with E-state index in [0.717, 1.165) is 12.2 Å². The molecule has 0 saturated heterocycles. The normalized spacial score (nSPS) is 18.5. The summed E-state index contributed by atoms with van der Waals surface area (Å²) in [6.45, 7) is 3.19. The van der Waals surface area contributed by atoms with E-state index in [1.54, 1.807) is 0 Å². The van der Waals surface area contributed by atoms with Crippen molar-refractivity contribution in [3.8, 4) is 0 Å². The van der Waals surface area contributed by atoms with E-state index in [1.807, 2.05) is 18.8 Å². The summed E-state index contributed by atoms with van der Waals surface area (Å²) in [6.07, 6.45) is 3.89. The summed E-state index contributed by atoms with van der Waals surface area (Å²) in [4.78, 5) is 0. The molecule has 0 aliphatic heterocycles. The third kappa shape index (κ3) is 1.82. The van der Waals surface area contributed by atoms with E-state index < -0.39 is 0 Å². The molecular formula is C11H19N3. The molecule has 78 valence electrons. The second-order valence-corrected chi connectivity index (χ2v) is 4.61. The largest absolute Gasteiger partial charge is 0.319 e. The van der Waals surface area contributed by atoms with E-state index in [-0.39, 0.29) is 0 Å². The molecule has 0 unspecified atom stereocenters. The smallest absolute Gasteiger partial charge is 0.0596 e. The minimum Gasteiger partial charge on any atom is -0.319 e. The Morgan fingerprint density at radius 3 is 2.71 bits per heavy atom. The van der Waals surface area contributed by atoms with Crippen LogP contribution in [0.4, 0.5) is 0 Å². The van der Waals surface area contributed by atoms with Gasteiger partial charge in [-0.2, -0.15) is 5.10 Å². The fourth-order valence-electron chi connectivity index (χ4n) is 2.18. The van der Waals surface area contributed by atoms with E-state index in [4.69, 9.17) is 0 Å². The second kappa shape index (κ2) is 3.39. The first kappa shape index (κ1) is 9.71. The zero-order valence-electron chi connectivity index (χ0n) is 9.30. The van der Waals surface area contributed by atoms with Crippen LogP contribution in [0, 0.1) is 12.3 Å². The number of hydrogen-bond donors (Lipinski definition) is 1. The van der Waals surface area contributed by atoms with Gasteiger partial charge in [0.1, 0.15) is 0 Å². The van der Waals surface area contributed by atoms with Gasteiger partial charge in [-0.15, -0.1) is 0 Å². The number of nitrogens with one attached hydrogen (secondary N) is 1. The summed E-state index contributed by atoms with van der Waals surface area (Å²) < 4.78 is 2.02. The summed E-state index contributed by atoms with van der Waals surface area (Å²) in [6, 6.07) is 2.20. The molecular weight excluding hydrogens is 174 g/mol. The molecule has 3 heteroatoms. The number of aryl methyl sites for hydroxylation is 2. The fourth-order valence-corrected chi connectivity index (χ4v) is 2.18. The average molecular weight is 193 g/mol. The standard InChI is InChI=1S/C11H19N3/c1-9-6-10(14(3)13-9)7-11(4-5-11)8-12-2/h6,12H,4-5,7-8H2,1-3H3. The Bertz CT molecular complexity index is 323. The lowest BCUT2D eigenvalue weighted by Crippen LogP contribution is -2.22. The van der Waals surface area contributed by atoms with Crippen molar-refractivity contribution in [2.24, 2.45) is 12.5 Å². The van der Waals surface area contributed by atoms with Crippen LogP contribution in [0.15, 0.2) is 6.07 Å². The third-order valence-electron chi connectivity index (χ3n) is 3.16. The highest BCUT2D eigenvalue weighted by atomic mass is 15.3. The highest BCUT2D eigenvalue weighted by Gasteiger charge is 2.42. The Hall–Kier alpha value is -0.830. The van der Waals surface area contributed by atoms with Gasteiger partial charge in [0.05, 0.1) is 5.69 Å². The van der Waals surface area contributed by atoms with E-state index in [9.17, 15) is 0 Å². The Morgan fingerprint density at radius 2 is 2.29 bits per heavy atom. The lowest BCUT2D eigenvalue weighted by atomic mass is 10.00. The second-order valence-electron chi connectivity index (χ2n) is 4.61. The maximum atomic E-state index is 4.38. The van der Waals surface area contributed by atoms with Crippen LogP contribution >= 0.6 is 0 Å². The van der Waals surface area contributed by atoms with Crippen LogP contribution in [0.25, 0.3) is 0 Å². The summed E-state index contributed by atoms with van der Waals surface area (Å²) in [5, 5.41) is 7.67. The van der Waals surface area contributed by atoms with Crippen LogP contribution in [0.5, 0.6) is 0 Å². The molecule has 1 aromatic heterocycles. The molecule has 1 aromatic rings. The lowest BCUT2D eigenvalue weighted by Gasteiger charge is -2.13. The maximum Gasteiger partial charge on any atom is 0.0596 e. The summed E-state index contributed by atoms with van der Waals surface area (Å²) >= 11 is 0. The van der Waals surface area contributed by atoms with Gasteiger partial charge < -0.3 is 5.32 Å². The predicted octanol–water partition coefficient (Wildman–Crippen LogP) is 1.27. The van der Waals surface area contributed by atoms with Crippen LogP contribution in [0.1, 0.15) is 24.2 Å². The van der Waals surface area contributed by atoms with Crippen molar-refractivity contribution in [1.82, 2.24) is 15.1 Å². The Kier molecular flexibility index (Phi) is 2.35. The highest BCUT2D eigenvalue weighted by molar-refractivity contribution is 5.14. The molecule has 1 fully saturated rings. The summed E-state index contributed by atoms with van der Waals surface area (Å²) in [5.41, 5.74) is 3.03. The molecule has 0 amide bonds. The molecule has 1 saturated carbocycles. The molecule has 0 atom stereocenters. The summed E-state index contributed by atoms with van der Waals surface area (Å²) in [5.74, 6) is 0. The first-order valence-corrected chi connectivity index (χ1v) is 5.29. The Balaban J connectivity index is 2.07. The van der Waals surface area contributed by atoms with Gasteiger partial charge in [-0.25, -0.2) is 0 Å². The zero-order chi connectivity index (χ0) is 10.2. The van der Waals surface area contributed by atoms with Crippen LogP contribution in [-0.4, -0.2) is 23.4 Å². The van der Waals surface area contributed by atoms with Gasteiger partial charge in [0.25, 0.3) is 0 Å².